The van der Waals surface area contributed by atoms with Crippen LogP contribution in [-0.2, 0) is 4.74 Å². The minimum absolute atomic E-state index is 0.314. The van der Waals surface area contributed by atoms with E-state index in [1.165, 1.54) is 0 Å². The normalized spacial score (nSPS) is 16.1. The van der Waals surface area contributed by atoms with Gasteiger partial charge in [0.05, 0.1) is 5.57 Å². The predicted molar refractivity (Wildman–Crippen MR) is 94.2 cm³/mol. The zero-order valence-corrected chi connectivity index (χ0v) is 13.5. The first-order valence-electron chi connectivity index (χ1n) is 7.21. The van der Waals surface area contributed by atoms with E-state index in [4.69, 9.17) is 15.4 Å². The fourth-order valence-electron chi connectivity index (χ4n) is 2.14. The highest BCUT2D eigenvalue weighted by Gasteiger charge is 2.09. The monoisotopic (exact) mass is 305 g/mol. The molecule has 0 spiro atoms. The van der Waals surface area contributed by atoms with Crippen molar-refractivity contribution < 1.29 is 4.74 Å². The van der Waals surface area contributed by atoms with Gasteiger partial charge in [0.1, 0.15) is 17.6 Å². The maximum absolute atomic E-state index is 9.05. The van der Waals surface area contributed by atoms with E-state index in [2.05, 4.69) is 12.1 Å². The second kappa shape index (κ2) is 7.28. The van der Waals surface area contributed by atoms with Crippen LogP contribution in [0.1, 0.15) is 12.5 Å². The number of nitriles is 1. The van der Waals surface area contributed by atoms with Crippen LogP contribution in [0.4, 0.5) is 5.69 Å². The molecule has 1 N–H and O–H groups in total. The smallest absolute Gasteiger partial charge is 0.127 e. The highest BCUT2D eigenvalue weighted by Crippen LogP contribution is 2.22. The van der Waals surface area contributed by atoms with E-state index in [1.807, 2.05) is 56.3 Å². The Morgan fingerprint density at radius 3 is 2.43 bits per heavy atom. The van der Waals surface area contributed by atoms with Gasteiger partial charge in [0.25, 0.3) is 0 Å². The minimum Gasteiger partial charge on any atom is -0.462 e. The summed E-state index contributed by atoms with van der Waals surface area (Å²) in [5, 5.41) is 16.3. The Bertz CT molecular complexity index is 757. The van der Waals surface area contributed by atoms with Gasteiger partial charge in [-0.05, 0) is 42.8 Å². The van der Waals surface area contributed by atoms with E-state index in [9.17, 15) is 0 Å². The fourth-order valence-corrected chi connectivity index (χ4v) is 2.14. The zero-order valence-electron chi connectivity index (χ0n) is 13.5. The van der Waals surface area contributed by atoms with Crippen LogP contribution in [0, 0.1) is 16.7 Å². The molecule has 1 heterocycles. The molecule has 0 saturated carbocycles. The van der Waals surface area contributed by atoms with Crippen molar-refractivity contribution in [2.24, 2.45) is 0 Å². The van der Waals surface area contributed by atoms with E-state index in [0.29, 0.717) is 22.7 Å². The van der Waals surface area contributed by atoms with Crippen LogP contribution < -0.4 is 4.90 Å². The Balaban J connectivity index is 2.24. The van der Waals surface area contributed by atoms with Gasteiger partial charge < -0.3 is 15.0 Å². The third-order valence-electron chi connectivity index (χ3n) is 3.36. The van der Waals surface area contributed by atoms with E-state index < -0.39 is 0 Å². The molecule has 4 nitrogen and oxygen atoms in total. The van der Waals surface area contributed by atoms with Gasteiger partial charge in [-0.15, -0.1) is 0 Å². The SMILES string of the molecule is CC1=C/C(=C(\C#N)C=N)C=C(/C=C/c2ccc(N(C)C)cc2)O1. The molecule has 0 unspecified atom stereocenters. The molecule has 0 bridgehead atoms. The molecule has 4 heteroatoms. The van der Waals surface area contributed by atoms with Crippen molar-refractivity contribution in [3.8, 4) is 6.07 Å². The van der Waals surface area contributed by atoms with Gasteiger partial charge >= 0.3 is 0 Å². The van der Waals surface area contributed by atoms with Gasteiger partial charge in [-0.1, -0.05) is 18.2 Å². The van der Waals surface area contributed by atoms with Crippen LogP contribution in [0.5, 0.6) is 0 Å². The Morgan fingerprint density at radius 1 is 1.17 bits per heavy atom. The van der Waals surface area contributed by atoms with Gasteiger partial charge in [0, 0.05) is 31.6 Å². The number of hydrogen-bond donors (Lipinski definition) is 1. The average molecular weight is 305 g/mol. The summed E-state index contributed by atoms with van der Waals surface area (Å²) in [5.41, 5.74) is 3.21. The lowest BCUT2D eigenvalue weighted by atomic mass is 10.1. The van der Waals surface area contributed by atoms with Gasteiger partial charge in [-0.3, -0.25) is 0 Å². The number of hydrogen-bond acceptors (Lipinski definition) is 4. The standard InChI is InChI=1S/C19H19N3O/c1-14-10-16(17(12-20)13-21)11-19(23-14)9-6-15-4-7-18(8-5-15)22(2)3/h4-12,20H,1-3H3/b9-6+,17-16+,20-12?. The molecule has 0 saturated heterocycles. The second-order valence-corrected chi connectivity index (χ2v) is 5.35. The molecule has 0 amide bonds. The summed E-state index contributed by atoms with van der Waals surface area (Å²) >= 11 is 0. The summed E-state index contributed by atoms with van der Waals surface area (Å²) < 4.78 is 5.65. The van der Waals surface area contributed by atoms with Gasteiger partial charge in [-0.25, -0.2) is 0 Å². The van der Waals surface area contributed by atoms with Crippen LogP contribution in [0.3, 0.4) is 0 Å². The minimum atomic E-state index is 0.314. The number of anilines is 1. The zero-order chi connectivity index (χ0) is 16.8. The molecule has 0 fully saturated rings. The maximum atomic E-state index is 9.05. The van der Waals surface area contributed by atoms with E-state index in [0.717, 1.165) is 17.5 Å². The third-order valence-corrected chi connectivity index (χ3v) is 3.36. The first-order chi connectivity index (χ1) is 11.0. The maximum Gasteiger partial charge on any atom is 0.127 e. The molecule has 0 atom stereocenters. The first kappa shape index (κ1) is 16.3. The Morgan fingerprint density at radius 2 is 1.87 bits per heavy atom. The number of rotatable bonds is 4. The van der Waals surface area contributed by atoms with Gasteiger partial charge in [0.15, 0.2) is 0 Å². The molecule has 1 aromatic rings. The quantitative estimate of drug-likeness (QED) is 0.674. The van der Waals surface area contributed by atoms with Crippen molar-refractivity contribution in [1.29, 1.82) is 10.7 Å². The lowest BCUT2D eigenvalue weighted by Gasteiger charge is -2.14. The largest absolute Gasteiger partial charge is 0.462 e. The Kier molecular flexibility index (Phi) is 5.16. The predicted octanol–water partition coefficient (Wildman–Crippen LogP) is 4.05. The number of nitrogens with zero attached hydrogens (tertiary/aromatic N) is 2. The summed E-state index contributed by atoms with van der Waals surface area (Å²) in [4.78, 5) is 2.05. The molecule has 1 aliphatic heterocycles. The molecular weight excluding hydrogens is 286 g/mol. The summed E-state index contributed by atoms with van der Waals surface area (Å²) in [7, 11) is 4.01. The summed E-state index contributed by atoms with van der Waals surface area (Å²) in [6.07, 6.45) is 8.40. The summed E-state index contributed by atoms with van der Waals surface area (Å²) in [5.74, 6) is 1.34. The molecule has 0 aromatic heterocycles. The molecule has 23 heavy (non-hydrogen) atoms. The number of benzene rings is 1. The average Bonchev–Trinajstić information content (AvgIpc) is 2.54. The van der Waals surface area contributed by atoms with E-state index in [1.54, 1.807) is 12.2 Å². The fraction of sp³-hybridized carbons (Fsp3) is 0.158. The van der Waals surface area contributed by atoms with Crippen LogP contribution >= 0.6 is 0 Å². The van der Waals surface area contributed by atoms with Crippen molar-refractivity contribution >= 4 is 18.0 Å². The number of ether oxygens (including phenoxy) is 1. The lowest BCUT2D eigenvalue weighted by molar-refractivity contribution is 0.318. The van der Waals surface area contributed by atoms with E-state index >= 15 is 0 Å². The molecular formula is C19H19N3O. The Hall–Kier alpha value is -3.06. The third kappa shape index (κ3) is 4.21. The molecule has 1 aliphatic rings. The summed E-state index contributed by atoms with van der Waals surface area (Å²) in [6.45, 7) is 1.83. The second-order valence-electron chi connectivity index (χ2n) is 5.35. The Labute approximate surface area is 136 Å². The van der Waals surface area contributed by atoms with E-state index in [-0.39, 0.29) is 0 Å². The first-order valence-corrected chi connectivity index (χ1v) is 7.21. The van der Waals surface area contributed by atoms with Crippen LogP contribution in [0.2, 0.25) is 0 Å². The highest BCUT2D eigenvalue weighted by molar-refractivity contribution is 5.84. The lowest BCUT2D eigenvalue weighted by Crippen LogP contribution is -2.07. The summed E-state index contributed by atoms with van der Waals surface area (Å²) in [6, 6.07) is 10.2. The topological polar surface area (TPSA) is 60.1 Å². The van der Waals surface area contributed by atoms with Gasteiger partial charge in [-0.2, -0.15) is 5.26 Å². The van der Waals surface area contributed by atoms with Crippen molar-refractivity contribution in [1.82, 2.24) is 0 Å². The van der Waals surface area contributed by atoms with Crippen LogP contribution in [0.25, 0.3) is 6.08 Å². The molecule has 1 aromatic carbocycles. The molecule has 2 rings (SSSR count). The van der Waals surface area contributed by atoms with Crippen molar-refractivity contribution in [3.05, 3.63) is 70.7 Å². The highest BCUT2D eigenvalue weighted by atomic mass is 16.5. The number of allylic oxidation sites excluding steroid dienone is 6. The molecule has 116 valence electrons. The van der Waals surface area contributed by atoms with Crippen LogP contribution in [-0.4, -0.2) is 20.3 Å². The number of nitrogens with one attached hydrogen (secondary N) is 1. The van der Waals surface area contributed by atoms with Crippen molar-refractivity contribution in [2.75, 3.05) is 19.0 Å². The molecule has 0 aliphatic carbocycles. The van der Waals surface area contributed by atoms with Crippen molar-refractivity contribution in [3.63, 3.8) is 0 Å². The van der Waals surface area contributed by atoms with Crippen molar-refractivity contribution in [2.45, 2.75) is 6.92 Å². The van der Waals surface area contributed by atoms with Crippen LogP contribution in [0.15, 0.2) is 65.2 Å². The molecule has 0 radical (unpaired) electrons. The van der Waals surface area contributed by atoms with Gasteiger partial charge in [0.2, 0.25) is 0 Å².